The van der Waals surface area contributed by atoms with Crippen LogP contribution in [0.25, 0.3) is 0 Å². The van der Waals surface area contributed by atoms with Crippen LogP contribution in [-0.2, 0) is 118 Å². The highest BCUT2D eigenvalue weighted by Crippen LogP contribution is 2.13. The van der Waals surface area contributed by atoms with E-state index < -0.39 is 0 Å². The number of carbonyl (C=O) groups excluding carboxylic acids is 5. The molecular weight excluding hydrogens is 1300 g/mol. The smallest absolute Gasteiger partial charge is 0.338 e. The first-order chi connectivity index (χ1) is 48.4. The molecule has 0 atom stereocenters. The van der Waals surface area contributed by atoms with Gasteiger partial charge < -0.3 is 111 Å². The van der Waals surface area contributed by atoms with Crippen LogP contribution in [0, 0.1) is 0 Å². The molecule has 5 aromatic rings. The molecule has 5 rings (SSSR count). The number of hydrogen-bond donors (Lipinski definition) is 5. The van der Waals surface area contributed by atoms with Crippen molar-refractivity contribution in [2.45, 2.75) is 33.0 Å². The number of aliphatic hydroxyl groups is 5. The van der Waals surface area contributed by atoms with Gasteiger partial charge in [0.15, 0.2) is 0 Å². The highest BCUT2D eigenvalue weighted by molar-refractivity contribution is 5.91. The molecule has 5 N–H and O–H groups in total. The van der Waals surface area contributed by atoms with E-state index in [2.05, 4.69) is 18.9 Å². The summed E-state index contributed by atoms with van der Waals surface area (Å²) in [5, 5.41) is 42.5. The Kier molecular flexibility index (Phi) is 58.1. The van der Waals surface area contributed by atoms with E-state index >= 15 is 0 Å². The van der Waals surface area contributed by atoms with Gasteiger partial charge >= 0.3 is 29.8 Å². The summed E-state index contributed by atoms with van der Waals surface area (Å²) in [4.78, 5) is 56.7. The summed E-state index contributed by atoms with van der Waals surface area (Å²) in [6.45, 7) is 11.2. The van der Waals surface area contributed by atoms with Crippen LogP contribution in [0.4, 0.5) is 0 Å². The molecule has 0 radical (unpaired) electrons. The van der Waals surface area contributed by atoms with Gasteiger partial charge in [-0.1, -0.05) is 66.7 Å². The van der Waals surface area contributed by atoms with Crippen molar-refractivity contribution >= 4 is 29.8 Å². The third kappa shape index (κ3) is 47.4. The number of aliphatic hydroxyl groups excluding tert-OH is 5. The lowest BCUT2D eigenvalue weighted by molar-refractivity contribution is 0.00432. The van der Waals surface area contributed by atoms with Gasteiger partial charge in [-0.25, -0.2) is 24.0 Å². The zero-order valence-corrected chi connectivity index (χ0v) is 57.6. The second-order valence-electron chi connectivity index (χ2n) is 19.7. The van der Waals surface area contributed by atoms with Crippen molar-refractivity contribution in [1.82, 2.24) is 0 Å². The molecule has 5 aromatic carbocycles. The van der Waals surface area contributed by atoms with E-state index in [-0.39, 0.29) is 62.9 Å². The van der Waals surface area contributed by atoms with Gasteiger partial charge in [0.25, 0.3) is 0 Å². The van der Waals surface area contributed by atoms with E-state index in [1.54, 1.807) is 72.8 Å². The fourth-order valence-corrected chi connectivity index (χ4v) is 7.50. The Morgan fingerprint density at radius 1 is 0.242 bits per heavy atom. The third-order valence-corrected chi connectivity index (χ3v) is 12.4. The molecule has 28 heteroatoms. The molecule has 0 aliphatic carbocycles. The fraction of sp³-hybridized carbons (Fsp3) is 0.507. The second kappa shape index (κ2) is 64.1. The van der Waals surface area contributed by atoms with E-state index in [9.17, 15) is 24.0 Å². The zero-order valence-electron chi connectivity index (χ0n) is 57.6. The highest BCUT2D eigenvalue weighted by atomic mass is 16.6. The highest BCUT2D eigenvalue weighted by Gasteiger charge is 2.12. The Morgan fingerprint density at radius 2 is 0.495 bits per heavy atom. The average Bonchev–Trinajstić information content (AvgIpc) is 1.01. The number of hydrogen-bond acceptors (Lipinski definition) is 28. The lowest BCUT2D eigenvalue weighted by Gasteiger charge is -2.09. The minimum absolute atomic E-state index is 0.0151. The lowest BCUT2D eigenvalue weighted by Crippen LogP contribution is -2.11. The second-order valence-corrected chi connectivity index (χ2v) is 19.7. The molecule has 0 saturated heterocycles. The summed E-state index contributed by atoms with van der Waals surface area (Å²) in [5.74, 6) is -1.78. The summed E-state index contributed by atoms with van der Waals surface area (Å²) in [6.07, 6.45) is 0. The zero-order chi connectivity index (χ0) is 72.5. The standard InChI is InChI=1S/3C15H22O6.2C13H18O5/c1-18-15(17)14-4-2-13(3-5-14)12-21-11-10-20-9-8-19-7-6-16;1-18-15(17)14-4-2-3-13(11-14)12-21-10-9-20-8-7-19-6-5-16;1-18-15(17)14-5-3-2-4-13(14)12-21-11-10-20-9-8-19-7-6-16;1-16-13(15)12-4-2-11(3-5-12)10-18-9-8-17-7-6-14;1-16-13(15)12-4-2-3-11(9-12)10-18-8-7-17-6-5-14/h2-5,16H,6-12H2,1H3;2-4,11,16H,5-10,12H2,1H3;2-5,16H,6-12H2,1H3;2-5,14H,6-10H2,1H3;2-4,9,14H,5-8,10H2,1H3. The Bertz CT molecular complexity index is 2790. The number of carbonyl (C=O) groups is 5. The van der Waals surface area contributed by atoms with Gasteiger partial charge in [0, 0.05) is 0 Å². The van der Waals surface area contributed by atoms with Crippen molar-refractivity contribution < 1.29 is 135 Å². The lowest BCUT2D eigenvalue weighted by atomic mass is 10.1. The number of ether oxygens (including phenoxy) is 18. The van der Waals surface area contributed by atoms with Crippen LogP contribution in [0.2, 0.25) is 0 Å². The Labute approximate surface area is 579 Å². The van der Waals surface area contributed by atoms with Crippen LogP contribution in [-0.4, -0.2) is 263 Å². The van der Waals surface area contributed by atoms with Crippen LogP contribution in [0.15, 0.2) is 121 Å². The number of methoxy groups -OCH3 is 5. The summed E-state index contributed by atoms with van der Waals surface area (Å²) < 4.78 is 91.5. The van der Waals surface area contributed by atoms with Gasteiger partial charge in [-0.05, 0) is 82.4 Å². The summed E-state index contributed by atoms with van der Waals surface area (Å²) in [6, 6.07) is 35.5. The van der Waals surface area contributed by atoms with Crippen LogP contribution in [0.1, 0.15) is 79.6 Å². The monoisotopic (exact) mass is 1400 g/mol. The molecule has 0 saturated carbocycles. The van der Waals surface area contributed by atoms with Crippen LogP contribution >= 0.6 is 0 Å². The van der Waals surface area contributed by atoms with E-state index in [1.807, 2.05) is 48.5 Å². The van der Waals surface area contributed by atoms with E-state index in [4.69, 9.17) is 91.8 Å². The Hall–Kier alpha value is -7.27. The molecule has 0 aliphatic heterocycles. The van der Waals surface area contributed by atoms with Crippen molar-refractivity contribution in [1.29, 1.82) is 0 Å². The molecule has 0 aliphatic rings. The molecule has 0 amide bonds. The van der Waals surface area contributed by atoms with Gasteiger partial charge in [-0.15, -0.1) is 0 Å². The third-order valence-electron chi connectivity index (χ3n) is 12.4. The number of benzene rings is 5. The molecule has 28 nitrogen and oxygen atoms in total. The molecule has 0 bridgehead atoms. The first-order valence-corrected chi connectivity index (χ1v) is 31.8. The average molecular weight is 1400 g/mol. The number of esters is 5. The predicted molar refractivity (Wildman–Crippen MR) is 359 cm³/mol. The maximum Gasteiger partial charge on any atom is 0.338 e. The first kappa shape index (κ1) is 89.7. The van der Waals surface area contributed by atoms with E-state index in [0.717, 1.165) is 27.8 Å². The molecule has 0 fully saturated rings. The predicted octanol–water partition coefficient (Wildman–Crippen LogP) is 5.04. The molecule has 0 aromatic heterocycles. The SMILES string of the molecule is COC(=O)c1ccc(COCCOCCO)cc1.COC(=O)c1ccc(COCCOCCOCCO)cc1.COC(=O)c1cccc(COCCOCCO)c1.COC(=O)c1cccc(COCCOCCOCCO)c1.COC(=O)c1ccccc1COCCOCCOCCO. The normalized spacial score (nSPS) is 10.5. The largest absolute Gasteiger partial charge is 0.465 e. The first-order valence-electron chi connectivity index (χ1n) is 31.8. The summed E-state index contributed by atoms with van der Waals surface area (Å²) in [5.41, 5.74) is 7.13. The minimum atomic E-state index is -0.369. The maximum absolute atomic E-state index is 11.6. The molecule has 554 valence electrons. The number of rotatable bonds is 49. The van der Waals surface area contributed by atoms with Gasteiger partial charge in [0.1, 0.15) is 0 Å². The maximum atomic E-state index is 11.6. The van der Waals surface area contributed by atoms with E-state index in [0.29, 0.717) is 200 Å². The van der Waals surface area contributed by atoms with Crippen molar-refractivity contribution in [3.8, 4) is 0 Å². The van der Waals surface area contributed by atoms with Crippen molar-refractivity contribution in [3.63, 3.8) is 0 Å². The molecule has 99 heavy (non-hydrogen) atoms. The topological polar surface area (TPSA) is 353 Å². The molecule has 0 spiro atoms. The van der Waals surface area contributed by atoms with Gasteiger partial charge in [0.2, 0.25) is 0 Å². The van der Waals surface area contributed by atoms with Crippen molar-refractivity contribution in [2.24, 2.45) is 0 Å². The molecule has 0 unspecified atom stereocenters. The van der Waals surface area contributed by atoms with Crippen LogP contribution in [0.3, 0.4) is 0 Å². The summed E-state index contributed by atoms with van der Waals surface area (Å²) in [7, 11) is 6.77. The van der Waals surface area contributed by atoms with Crippen molar-refractivity contribution in [2.75, 3.05) is 207 Å². The van der Waals surface area contributed by atoms with Crippen molar-refractivity contribution in [3.05, 3.63) is 177 Å². The molecule has 0 heterocycles. The van der Waals surface area contributed by atoms with E-state index in [1.165, 1.54) is 35.5 Å². The Morgan fingerprint density at radius 3 is 0.788 bits per heavy atom. The fourth-order valence-electron chi connectivity index (χ4n) is 7.50. The van der Waals surface area contributed by atoms with Gasteiger partial charge in [-0.3, -0.25) is 0 Å². The quantitative estimate of drug-likeness (QED) is 0.0193. The van der Waals surface area contributed by atoms with Crippen LogP contribution in [0.5, 0.6) is 0 Å². The van der Waals surface area contributed by atoms with Gasteiger partial charge in [-0.2, -0.15) is 0 Å². The summed E-state index contributed by atoms with van der Waals surface area (Å²) >= 11 is 0. The van der Waals surface area contributed by atoms with Gasteiger partial charge in [0.05, 0.1) is 268 Å². The Balaban J connectivity index is 0.000000620. The van der Waals surface area contributed by atoms with Crippen LogP contribution < -0.4 is 0 Å². The minimum Gasteiger partial charge on any atom is -0.465 e. The molecular formula is C71H102O28.